The molecule has 3 rings (SSSR count). The van der Waals surface area contributed by atoms with E-state index in [9.17, 15) is 4.39 Å². The minimum absolute atomic E-state index is 0.249. The zero-order valence-corrected chi connectivity index (χ0v) is 13.6. The second kappa shape index (κ2) is 5.84. The Balaban J connectivity index is 2.12. The lowest BCUT2D eigenvalue weighted by Gasteiger charge is -2.07. The van der Waals surface area contributed by atoms with Gasteiger partial charge in [-0.25, -0.2) is 9.37 Å². The van der Waals surface area contributed by atoms with Gasteiger partial charge in [-0.1, -0.05) is 0 Å². The minimum atomic E-state index is -0.249. The maximum atomic E-state index is 13.5. The zero-order valence-electron chi connectivity index (χ0n) is 10.4. The molecule has 0 atom stereocenters. The summed E-state index contributed by atoms with van der Waals surface area (Å²) in [6.45, 7) is 0.671. The molecule has 104 valence electrons. The molecule has 2 aromatic heterocycles. The van der Waals surface area contributed by atoms with Gasteiger partial charge in [0.25, 0.3) is 0 Å². The van der Waals surface area contributed by atoms with E-state index in [0.29, 0.717) is 18.8 Å². The Hall–Kier alpha value is -0.910. The van der Waals surface area contributed by atoms with Crippen LogP contribution >= 0.6 is 38.9 Å². The number of aryl methyl sites for hydroxylation is 1. The Morgan fingerprint density at radius 1 is 1.35 bits per heavy atom. The average molecular weight is 374 g/mol. The third-order valence-corrected chi connectivity index (χ3v) is 5.20. The first-order valence-electron chi connectivity index (χ1n) is 6.11. The highest BCUT2D eigenvalue weighted by Gasteiger charge is 2.13. The molecule has 0 saturated carbocycles. The lowest BCUT2D eigenvalue weighted by molar-refractivity contribution is 0.628. The average Bonchev–Trinajstić information content (AvgIpc) is 2.96. The van der Waals surface area contributed by atoms with Crippen molar-refractivity contribution in [3.8, 4) is 0 Å². The van der Waals surface area contributed by atoms with E-state index in [1.165, 1.54) is 17.0 Å². The van der Waals surface area contributed by atoms with Crippen LogP contribution in [0.5, 0.6) is 0 Å². The summed E-state index contributed by atoms with van der Waals surface area (Å²) in [5, 5.41) is 2.03. The Kier molecular flexibility index (Phi) is 4.10. The van der Waals surface area contributed by atoms with Gasteiger partial charge in [0.1, 0.15) is 11.6 Å². The lowest BCUT2D eigenvalue weighted by Crippen LogP contribution is -2.05. The summed E-state index contributed by atoms with van der Waals surface area (Å²) in [5.74, 6) is 1.14. The summed E-state index contributed by atoms with van der Waals surface area (Å²) in [5.41, 5.74) is 1.62. The van der Waals surface area contributed by atoms with E-state index in [1.54, 1.807) is 17.4 Å². The number of halogens is 3. The van der Waals surface area contributed by atoms with Gasteiger partial charge in [-0.3, -0.25) is 0 Å². The standard InChI is InChI=1S/C14H11BrClFN2S/c15-10-4-6-20-13(10)8-19-12-7-9(17)1-2-11(12)18-14(19)3-5-16/h1-2,4,6-7H,3,5,8H2. The fourth-order valence-electron chi connectivity index (χ4n) is 2.18. The third kappa shape index (κ3) is 2.62. The van der Waals surface area contributed by atoms with Crippen LogP contribution in [-0.4, -0.2) is 15.4 Å². The van der Waals surface area contributed by atoms with Gasteiger partial charge in [0.2, 0.25) is 0 Å². The summed E-state index contributed by atoms with van der Waals surface area (Å²) in [4.78, 5) is 5.74. The topological polar surface area (TPSA) is 17.8 Å². The van der Waals surface area contributed by atoms with E-state index in [4.69, 9.17) is 11.6 Å². The first-order chi connectivity index (χ1) is 9.69. The maximum absolute atomic E-state index is 13.5. The van der Waals surface area contributed by atoms with Gasteiger partial charge >= 0.3 is 0 Å². The minimum Gasteiger partial charge on any atom is -0.322 e. The number of nitrogens with zero attached hydrogens (tertiary/aromatic N) is 2. The second-order valence-corrected chi connectivity index (χ2v) is 6.61. The molecule has 1 aromatic carbocycles. The predicted octanol–water partition coefficient (Wildman–Crippen LogP) is 4.83. The van der Waals surface area contributed by atoms with Crippen molar-refractivity contribution in [2.75, 3.05) is 5.88 Å². The van der Waals surface area contributed by atoms with Crippen LogP contribution in [0.15, 0.2) is 34.1 Å². The molecule has 0 unspecified atom stereocenters. The van der Waals surface area contributed by atoms with Crippen LogP contribution in [0, 0.1) is 5.82 Å². The molecule has 0 aliphatic heterocycles. The number of alkyl halides is 1. The molecular formula is C14H11BrClFN2S. The zero-order chi connectivity index (χ0) is 14.1. The highest BCUT2D eigenvalue weighted by atomic mass is 79.9. The molecule has 20 heavy (non-hydrogen) atoms. The van der Waals surface area contributed by atoms with Gasteiger partial charge in [0, 0.05) is 21.7 Å². The summed E-state index contributed by atoms with van der Waals surface area (Å²) < 4.78 is 16.6. The predicted molar refractivity (Wildman–Crippen MR) is 85.2 cm³/mol. The number of rotatable bonds is 4. The van der Waals surface area contributed by atoms with Crippen molar-refractivity contribution in [1.29, 1.82) is 0 Å². The van der Waals surface area contributed by atoms with Crippen molar-refractivity contribution < 1.29 is 4.39 Å². The molecule has 0 fully saturated rings. The lowest BCUT2D eigenvalue weighted by atomic mass is 10.3. The van der Waals surface area contributed by atoms with Crippen molar-refractivity contribution in [2.45, 2.75) is 13.0 Å². The maximum Gasteiger partial charge on any atom is 0.125 e. The fraction of sp³-hybridized carbons (Fsp3) is 0.214. The molecule has 0 N–H and O–H groups in total. The summed E-state index contributed by atoms with van der Waals surface area (Å²) in [6, 6.07) is 6.69. The van der Waals surface area contributed by atoms with Gasteiger partial charge in [0.15, 0.2) is 0 Å². The largest absolute Gasteiger partial charge is 0.322 e. The highest BCUT2D eigenvalue weighted by molar-refractivity contribution is 9.10. The van der Waals surface area contributed by atoms with E-state index in [1.807, 2.05) is 16.0 Å². The molecular weight excluding hydrogens is 363 g/mol. The molecule has 3 aromatic rings. The Morgan fingerprint density at radius 2 is 2.20 bits per heavy atom. The molecule has 0 radical (unpaired) electrons. The van der Waals surface area contributed by atoms with Gasteiger partial charge in [-0.05, 0) is 45.6 Å². The van der Waals surface area contributed by atoms with E-state index in [2.05, 4.69) is 20.9 Å². The van der Waals surface area contributed by atoms with Crippen LogP contribution in [0.3, 0.4) is 0 Å². The molecule has 0 spiro atoms. The first-order valence-corrected chi connectivity index (χ1v) is 8.32. The number of fused-ring (bicyclic) bond motifs is 1. The number of imidazole rings is 1. The van der Waals surface area contributed by atoms with E-state index in [0.717, 1.165) is 21.3 Å². The normalized spacial score (nSPS) is 11.3. The van der Waals surface area contributed by atoms with Crippen molar-refractivity contribution in [3.05, 3.63) is 50.6 Å². The quantitative estimate of drug-likeness (QED) is 0.599. The van der Waals surface area contributed by atoms with E-state index in [-0.39, 0.29) is 5.82 Å². The smallest absolute Gasteiger partial charge is 0.125 e. The molecule has 0 amide bonds. The monoisotopic (exact) mass is 372 g/mol. The van der Waals surface area contributed by atoms with Gasteiger partial charge in [-0.2, -0.15) is 0 Å². The van der Waals surface area contributed by atoms with Crippen molar-refractivity contribution in [2.24, 2.45) is 0 Å². The number of aromatic nitrogens is 2. The van der Waals surface area contributed by atoms with Gasteiger partial charge in [-0.15, -0.1) is 22.9 Å². The Morgan fingerprint density at radius 3 is 2.90 bits per heavy atom. The van der Waals surface area contributed by atoms with Crippen molar-refractivity contribution in [1.82, 2.24) is 9.55 Å². The molecule has 2 heterocycles. The molecule has 0 bridgehead atoms. The number of thiophene rings is 1. The molecule has 0 aliphatic rings. The molecule has 0 aliphatic carbocycles. The third-order valence-electron chi connectivity index (χ3n) is 3.10. The fourth-order valence-corrected chi connectivity index (χ4v) is 3.81. The summed E-state index contributed by atoms with van der Waals surface area (Å²) >= 11 is 11.0. The Bertz CT molecular complexity index is 753. The number of benzene rings is 1. The van der Waals surface area contributed by atoms with Crippen LogP contribution in [0.1, 0.15) is 10.7 Å². The number of hydrogen-bond acceptors (Lipinski definition) is 2. The summed E-state index contributed by atoms with van der Waals surface area (Å²) in [6.07, 6.45) is 0.668. The van der Waals surface area contributed by atoms with Crippen LogP contribution in [0.2, 0.25) is 0 Å². The number of hydrogen-bond donors (Lipinski definition) is 0. The van der Waals surface area contributed by atoms with Crippen molar-refractivity contribution in [3.63, 3.8) is 0 Å². The summed E-state index contributed by atoms with van der Waals surface area (Å²) in [7, 11) is 0. The second-order valence-electron chi connectivity index (χ2n) is 4.38. The van der Waals surface area contributed by atoms with Crippen LogP contribution in [0.25, 0.3) is 11.0 Å². The van der Waals surface area contributed by atoms with Gasteiger partial charge in [0.05, 0.1) is 17.6 Å². The van der Waals surface area contributed by atoms with Crippen LogP contribution in [0.4, 0.5) is 4.39 Å². The Labute approximate surface area is 133 Å². The van der Waals surface area contributed by atoms with Crippen LogP contribution in [-0.2, 0) is 13.0 Å². The van der Waals surface area contributed by atoms with Crippen LogP contribution < -0.4 is 0 Å². The molecule has 2 nitrogen and oxygen atoms in total. The van der Waals surface area contributed by atoms with E-state index < -0.39 is 0 Å². The van der Waals surface area contributed by atoms with E-state index >= 15 is 0 Å². The van der Waals surface area contributed by atoms with Gasteiger partial charge < -0.3 is 4.57 Å². The molecule has 0 saturated heterocycles. The SMILES string of the molecule is Fc1ccc2nc(CCCl)n(Cc3sccc3Br)c2c1. The first kappa shape index (κ1) is 14.0. The highest BCUT2D eigenvalue weighted by Crippen LogP contribution is 2.26. The molecule has 6 heteroatoms. The van der Waals surface area contributed by atoms with Crippen molar-refractivity contribution >= 4 is 49.9 Å².